The number of amides is 2. The summed E-state index contributed by atoms with van der Waals surface area (Å²) in [5.74, 6) is 0.887. The van der Waals surface area contributed by atoms with Crippen molar-refractivity contribution in [2.24, 2.45) is 16.8 Å². The zero-order chi connectivity index (χ0) is 16.5. The molecule has 1 aliphatic heterocycles. The number of hydrogen-bond acceptors (Lipinski definition) is 4. The number of nitrogens with zero attached hydrogens (tertiary/aromatic N) is 1. The fourth-order valence-corrected chi connectivity index (χ4v) is 4.58. The maximum absolute atomic E-state index is 12.1. The quantitative estimate of drug-likeness (QED) is 0.827. The summed E-state index contributed by atoms with van der Waals surface area (Å²) in [6.07, 6.45) is 6.93. The van der Waals surface area contributed by atoms with Gasteiger partial charge in [-0.1, -0.05) is 42.1 Å². The maximum Gasteiger partial charge on any atom is 0.240 e. The molecule has 1 saturated heterocycles. The van der Waals surface area contributed by atoms with Crippen LogP contribution in [0.1, 0.15) is 19.3 Å². The van der Waals surface area contributed by atoms with Crippen molar-refractivity contribution >= 4 is 34.4 Å². The van der Waals surface area contributed by atoms with Gasteiger partial charge in [-0.3, -0.25) is 14.6 Å². The van der Waals surface area contributed by atoms with E-state index >= 15 is 0 Å². The molecule has 24 heavy (non-hydrogen) atoms. The molecule has 0 aromatic heterocycles. The normalized spacial score (nSPS) is 32.3. The second kappa shape index (κ2) is 6.43. The lowest BCUT2D eigenvalue weighted by Gasteiger charge is -2.13. The Balaban J connectivity index is 1.34. The summed E-state index contributed by atoms with van der Waals surface area (Å²) in [7, 11) is 0. The number of nitrogens with one attached hydrogen (secondary N) is 2. The molecule has 4 atom stereocenters. The number of fused-ring (bicyclic) bond motifs is 2. The molecule has 1 saturated carbocycles. The molecule has 4 rings (SSSR count). The van der Waals surface area contributed by atoms with Crippen molar-refractivity contribution in [2.75, 3.05) is 5.32 Å². The average molecular weight is 341 g/mol. The molecular formula is C18H19N3O2S. The zero-order valence-corrected chi connectivity index (χ0v) is 14.0. The van der Waals surface area contributed by atoms with E-state index in [0.29, 0.717) is 17.0 Å². The number of rotatable bonds is 4. The number of aliphatic imine (C=N–C) groups is 1. The number of allylic oxidation sites excluding steroid dienone is 1. The maximum atomic E-state index is 12.1. The Morgan fingerprint density at radius 2 is 2.08 bits per heavy atom. The van der Waals surface area contributed by atoms with Crippen LogP contribution in [-0.4, -0.2) is 28.3 Å². The van der Waals surface area contributed by atoms with Crippen molar-refractivity contribution in [3.8, 4) is 0 Å². The largest absolute Gasteiger partial charge is 0.326 e. The van der Waals surface area contributed by atoms with Gasteiger partial charge in [0.1, 0.15) is 5.25 Å². The van der Waals surface area contributed by atoms with Gasteiger partial charge in [0.2, 0.25) is 11.8 Å². The van der Waals surface area contributed by atoms with Crippen molar-refractivity contribution in [3.63, 3.8) is 0 Å². The minimum Gasteiger partial charge on any atom is -0.326 e. The van der Waals surface area contributed by atoms with Crippen molar-refractivity contribution in [1.29, 1.82) is 0 Å². The Labute approximate surface area is 145 Å². The van der Waals surface area contributed by atoms with Crippen LogP contribution in [-0.2, 0) is 9.59 Å². The number of thioether (sulfide) groups is 1. The number of carbonyl (C=O) groups is 2. The highest BCUT2D eigenvalue weighted by Gasteiger charge is 2.38. The number of carbonyl (C=O) groups excluding carboxylic acids is 2. The molecule has 1 heterocycles. The molecule has 1 aromatic carbocycles. The van der Waals surface area contributed by atoms with Crippen LogP contribution in [0.4, 0.5) is 5.69 Å². The molecule has 5 nitrogen and oxygen atoms in total. The van der Waals surface area contributed by atoms with Gasteiger partial charge >= 0.3 is 0 Å². The van der Waals surface area contributed by atoms with Gasteiger partial charge in [-0.15, -0.1) is 0 Å². The van der Waals surface area contributed by atoms with E-state index < -0.39 is 5.25 Å². The third-order valence-corrected chi connectivity index (χ3v) is 5.83. The Morgan fingerprint density at radius 1 is 1.25 bits per heavy atom. The minimum absolute atomic E-state index is 0.124. The second-order valence-electron chi connectivity index (χ2n) is 6.50. The highest BCUT2D eigenvalue weighted by atomic mass is 32.2. The molecule has 1 aromatic rings. The van der Waals surface area contributed by atoms with Crippen molar-refractivity contribution < 1.29 is 9.59 Å². The van der Waals surface area contributed by atoms with Gasteiger partial charge < -0.3 is 10.6 Å². The van der Waals surface area contributed by atoms with E-state index in [1.165, 1.54) is 18.2 Å². The van der Waals surface area contributed by atoms with E-state index in [0.717, 1.165) is 12.1 Å². The summed E-state index contributed by atoms with van der Waals surface area (Å²) < 4.78 is 0. The summed E-state index contributed by atoms with van der Waals surface area (Å²) in [5.41, 5.74) is 0.744. The molecule has 2 bridgehead atoms. The van der Waals surface area contributed by atoms with E-state index in [1.807, 2.05) is 30.3 Å². The number of hydrogen-bond donors (Lipinski definition) is 2. The molecule has 6 heteroatoms. The van der Waals surface area contributed by atoms with Crippen LogP contribution < -0.4 is 10.6 Å². The molecule has 0 radical (unpaired) electrons. The van der Waals surface area contributed by atoms with Crippen molar-refractivity contribution in [2.45, 2.75) is 30.6 Å². The van der Waals surface area contributed by atoms with E-state index in [9.17, 15) is 9.59 Å². The zero-order valence-electron chi connectivity index (χ0n) is 13.1. The topological polar surface area (TPSA) is 70.6 Å². The average Bonchev–Trinajstić information content (AvgIpc) is 3.25. The third-order valence-electron chi connectivity index (χ3n) is 4.73. The van der Waals surface area contributed by atoms with Gasteiger partial charge in [0.05, 0.1) is 6.04 Å². The van der Waals surface area contributed by atoms with Crippen molar-refractivity contribution in [1.82, 2.24) is 5.32 Å². The first-order valence-corrected chi connectivity index (χ1v) is 9.14. The fraction of sp³-hybridized carbons (Fsp3) is 0.389. The Morgan fingerprint density at radius 3 is 2.79 bits per heavy atom. The van der Waals surface area contributed by atoms with Gasteiger partial charge in [0.15, 0.2) is 5.17 Å². The molecule has 0 spiro atoms. The molecule has 2 aliphatic carbocycles. The Bertz CT molecular complexity index is 716. The van der Waals surface area contributed by atoms with Crippen molar-refractivity contribution in [3.05, 3.63) is 42.5 Å². The standard InChI is InChI=1S/C18H19N3O2S/c22-16(19-13-4-2-1-3-5-13)10-15-17(23)21-18(24-15)20-14-9-11-6-7-12(14)8-11/h1-7,11-12,14-15H,8-10H2,(H,19,22)(H,20,21,23). The Hall–Kier alpha value is -2.08. The fourth-order valence-electron chi connectivity index (χ4n) is 3.55. The molecule has 3 aliphatic rings. The summed E-state index contributed by atoms with van der Waals surface area (Å²) in [6, 6.07) is 9.55. The molecule has 4 unspecified atom stereocenters. The highest BCUT2D eigenvalue weighted by Crippen LogP contribution is 2.41. The lowest BCUT2D eigenvalue weighted by molar-refractivity contribution is -0.122. The van der Waals surface area contributed by atoms with Crippen LogP contribution >= 0.6 is 11.8 Å². The number of para-hydroxylation sites is 1. The second-order valence-corrected chi connectivity index (χ2v) is 7.69. The van der Waals surface area contributed by atoms with E-state index in [2.05, 4.69) is 22.8 Å². The van der Waals surface area contributed by atoms with E-state index in [-0.39, 0.29) is 24.3 Å². The summed E-state index contributed by atoms with van der Waals surface area (Å²) in [4.78, 5) is 28.9. The van der Waals surface area contributed by atoms with Crippen LogP contribution in [0.15, 0.2) is 47.5 Å². The predicted molar refractivity (Wildman–Crippen MR) is 95.8 cm³/mol. The van der Waals surface area contributed by atoms with Crippen LogP contribution in [0, 0.1) is 11.8 Å². The first-order valence-electron chi connectivity index (χ1n) is 8.26. The first-order chi connectivity index (χ1) is 11.7. The summed E-state index contributed by atoms with van der Waals surface area (Å²) in [5, 5.41) is 5.92. The minimum atomic E-state index is -0.401. The van der Waals surface area contributed by atoms with Gasteiger partial charge in [0, 0.05) is 12.1 Å². The van der Waals surface area contributed by atoms with E-state index in [4.69, 9.17) is 4.99 Å². The SMILES string of the molecule is O=C(CC1SC(=NC2CC3C=CC2C3)NC1=O)Nc1ccccc1. The first kappa shape index (κ1) is 15.4. The Kier molecular flexibility index (Phi) is 4.14. The monoisotopic (exact) mass is 341 g/mol. The van der Waals surface area contributed by atoms with Gasteiger partial charge in [-0.2, -0.15) is 0 Å². The van der Waals surface area contributed by atoms with Crippen LogP contribution in [0.25, 0.3) is 0 Å². The highest BCUT2D eigenvalue weighted by molar-refractivity contribution is 8.15. The van der Waals surface area contributed by atoms with Crippen LogP contribution in [0.2, 0.25) is 0 Å². The van der Waals surface area contributed by atoms with Crippen LogP contribution in [0.3, 0.4) is 0 Å². The number of amidine groups is 1. The third kappa shape index (κ3) is 3.24. The lowest BCUT2D eigenvalue weighted by Crippen LogP contribution is -2.28. The summed E-state index contributed by atoms with van der Waals surface area (Å²) in [6.45, 7) is 0. The summed E-state index contributed by atoms with van der Waals surface area (Å²) >= 11 is 1.38. The van der Waals surface area contributed by atoms with Gasteiger partial charge in [0.25, 0.3) is 0 Å². The van der Waals surface area contributed by atoms with E-state index in [1.54, 1.807) is 0 Å². The molecule has 2 N–H and O–H groups in total. The van der Waals surface area contributed by atoms with Gasteiger partial charge in [-0.25, -0.2) is 0 Å². The predicted octanol–water partition coefficient (Wildman–Crippen LogP) is 2.57. The smallest absolute Gasteiger partial charge is 0.240 e. The number of anilines is 1. The number of benzene rings is 1. The molecule has 2 amide bonds. The molecule has 2 fully saturated rings. The molecular weight excluding hydrogens is 322 g/mol. The van der Waals surface area contributed by atoms with Gasteiger partial charge in [-0.05, 0) is 36.8 Å². The molecule has 124 valence electrons. The lowest BCUT2D eigenvalue weighted by atomic mass is 10.0. The van der Waals surface area contributed by atoms with Crippen LogP contribution in [0.5, 0.6) is 0 Å².